The summed E-state index contributed by atoms with van der Waals surface area (Å²) >= 11 is 0. The third-order valence-electron chi connectivity index (χ3n) is 5.97. The number of nitrogens with zero attached hydrogens (tertiary/aromatic N) is 3. The fraction of sp³-hybridized carbons (Fsp3) is 0.389. The number of fused-ring (bicyclic) bond motifs is 3. The maximum atomic E-state index is 15.4. The van der Waals surface area contributed by atoms with E-state index >= 15 is 4.39 Å². The first-order valence-electron chi connectivity index (χ1n) is 8.43. The summed E-state index contributed by atoms with van der Waals surface area (Å²) in [5.41, 5.74) is -1.42. The zero-order valence-electron chi connectivity index (χ0n) is 13.5. The Morgan fingerprint density at radius 3 is 2.72 bits per heavy atom. The SMILES string of the molecule is O=C(O)[C@]1(F)CN(c2ncnc3[nH]c4ccccc4c23)CC12CCC2. The predicted molar refractivity (Wildman–Crippen MR) is 91.4 cm³/mol. The highest BCUT2D eigenvalue weighted by Gasteiger charge is 2.66. The Morgan fingerprint density at radius 2 is 2.04 bits per heavy atom. The number of H-pyrrole nitrogens is 1. The molecule has 1 saturated carbocycles. The highest BCUT2D eigenvalue weighted by molar-refractivity contribution is 6.11. The van der Waals surface area contributed by atoms with Crippen molar-refractivity contribution in [3.8, 4) is 0 Å². The topological polar surface area (TPSA) is 82.1 Å². The zero-order valence-corrected chi connectivity index (χ0v) is 13.5. The summed E-state index contributed by atoms with van der Waals surface area (Å²) in [5.74, 6) is -0.756. The normalized spacial score (nSPS) is 24.9. The molecule has 1 saturated heterocycles. The van der Waals surface area contributed by atoms with Crippen LogP contribution < -0.4 is 4.90 Å². The maximum Gasteiger partial charge on any atom is 0.344 e. The van der Waals surface area contributed by atoms with Crippen LogP contribution in [-0.2, 0) is 4.79 Å². The smallest absolute Gasteiger partial charge is 0.344 e. The number of aromatic amines is 1. The van der Waals surface area contributed by atoms with E-state index in [0.717, 1.165) is 22.7 Å². The summed E-state index contributed by atoms with van der Waals surface area (Å²) < 4.78 is 15.4. The lowest BCUT2D eigenvalue weighted by molar-refractivity contribution is -0.162. The van der Waals surface area contributed by atoms with E-state index in [1.165, 1.54) is 6.33 Å². The molecule has 0 unspecified atom stereocenters. The number of halogens is 1. The number of aliphatic carboxylic acids is 1. The number of anilines is 1. The minimum absolute atomic E-state index is 0.173. The van der Waals surface area contributed by atoms with E-state index in [2.05, 4.69) is 15.0 Å². The molecule has 2 N–H and O–H groups in total. The lowest BCUT2D eigenvalue weighted by Crippen LogP contribution is -2.53. The van der Waals surface area contributed by atoms with E-state index in [9.17, 15) is 9.90 Å². The van der Waals surface area contributed by atoms with E-state index < -0.39 is 17.1 Å². The molecule has 128 valence electrons. The van der Waals surface area contributed by atoms with Crippen LogP contribution in [0.4, 0.5) is 10.2 Å². The highest BCUT2D eigenvalue weighted by atomic mass is 19.1. The van der Waals surface area contributed by atoms with Crippen LogP contribution >= 0.6 is 0 Å². The molecular weight excluding hydrogens is 323 g/mol. The molecule has 0 amide bonds. The van der Waals surface area contributed by atoms with Crippen molar-refractivity contribution in [3.63, 3.8) is 0 Å². The number of carboxylic acid groups (broad SMARTS) is 1. The van der Waals surface area contributed by atoms with Crippen molar-refractivity contribution in [3.05, 3.63) is 30.6 Å². The molecular formula is C18H17FN4O2. The molecule has 2 aliphatic rings. The van der Waals surface area contributed by atoms with E-state index in [1.807, 2.05) is 24.3 Å². The Bertz CT molecular complexity index is 1010. The number of carboxylic acids is 1. The molecule has 3 aromatic rings. The molecule has 6 nitrogen and oxygen atoms in total. The van der Waals surface area contributed by atoms with Crippen molar-refractivity contribution in [2.75, 3.05) is 18.0 Å². The summed E-state index contributed by atoms with van der Waals surface area (Å²) in [6, 6.07) is 7.78. The first kappa shape index (κ1) is 14.6. The summed E-state index contributed by atoms with van der Waals surface area (Å²) in [7, 11) is 0. The molecule has 0 bridgehead atoms. The number of para-hydroxylation sites is 1. The molecule has 5 rings (SSSR count). The molecule has 0 radical (unpaired) electrons. The second-order valence-electron chi connectivity index (χ2n) is 7.19. The van der Waals surface area contributed by atoms with Crippen molar-refractivity contribution in [2.45, 2.75) is 24.9 Å². The average molecular weight is 340 g/mol. The Balaban J connectivity index is 1.68. The average Bonchev–Trinajstić information content (AvgIpc) is 3.10. The quantitative estimate of drug-likeness (QED) is 0.749. The molecule has 1 aliphatic heterocycles. The third-order valence-corrected chi connectivity index (χ3v) is 5.97. The van der Waals surface area contributed by atoms with Crippen LogP contribution in [0.3, 0.4) is 0 Å². The van der Waals surface area contributed by atoms with Gasteiger partial charge in [-0.1, -0.05) is 24.6 Å². The monoisotopic (exact) mass is 340 g/mol. The van der Waals surface area contributed by atoms with Gasteiger partial charge in [-0.25, -0.2) is 19.2 Å². The van der Waals surface area contributed by atoms with Crippen LogP contribution in [0.1, 0.15) is 19.3 Å². The Morgan fingerprint density at radius 1 is 1.24 bits per heavy atom. The summed E-state index contributed by atoms with van der Waals surface area (Å²) in [5, 5.41) is 11.3. The first-order valence-corrected chi connectivity index (χ1v) is 8.43. The minimum Gasteiger partial charge on any atom is -0.479 e. The number of nitrogens with one attached hydrogen (secondary N) is 1. The van der Waals surface area contributed by atoms with Crippen molar-refractivity contribution in [1.82, 2.24) is 15.0 Å². The van der Waals surface area contributed by atoms with Crippen molar-refractivity contribution >= 4 is 33.7 Å². The second-order valence-corrected chi connectivity index (χ2v) is 7.19. The second kappa shape index (κ2) is 4.68. The van der Waals surface area contributed by atoms with Gasteiger partial charge in [0.25, 0.3) is 0 Å². The van der Waals surface area contributed by atoms with E-state index in [0.29, 0.717) is 30.9 Å². The Labute approximate surface area is 142 Å². The van der Waals surface area contributed by atoms with Crippen LogP contribution in [0.25, 0.3) is 21.9 Å². The number of hydrogen-bond donors (Lipinski definition) is 2. The summed E-state index contributed by atoms with van der Waals surface area (Å²) in [6.45, 7) is 0.204. The Kier molecular flexibility index (Phi) is 2.74. The first-order chi connectivity index (χ1) is 12.0. The predicted octanol–water partition coefficient (Wildman–Crippen LogP) is 2.89. The molecule has 2 fully saturated rings. The third kappa shape index (κ3) is 1.75. The van der Waals surface area contributed by atoms with Gasteiger partial charge in [0, 0.05) is 22.9 Å². The number of carbonyl (C=O) groups is 1. The summed E-state index contributed by atoms with van der Waals surface area (Å²) in [6.07, 6.45) is 3.53. The summed E-state index contributed by atoms with van der Waals surface area (Å²) in [4.78, 5) is 25.4. The zero-order chi connectivity index (χ0) is 17.2. The van der Waals surface area contributed by atoms with Gasteiger partial charge in [-0.3, -0.25) is 0 Å². The Hall–Kier alpha value is -2.70. The lowest BCUT2D eigenvalue weighted by Gasteiger charge is -2.43. The van der Waals surface area contributed by atoms with Gasteiger partial charge in [-0.05, 0) is 18.9 Å². The number of hydrogen-bond acceptors (Lipinski definition) is 4. The molecule has 1 aliphatic carbocycles. The van der Waals surface area contributed by atoms with Gasteiger partial charge in [0.1, 0.15) is 17.8 Å². The van der Waals surface area contributed by atoms with Crippen LogP contribution in [0.2, 0.25) is 0 Å². The number of alkyl halides is 1. The van der Waals surface area contributed by atoms with Gasteiger partial charge in [0.2, 0.25) is 5.67 Å². The van der Waals surface area contributed by atoms with Crippen LogP contribution in [0, 0.1) is 5.41 Å². The number of aromatic nitrogens is 3. The van der Waals surface area contributed by atoms with Gasteiger partial charge < -0.3 is 15.0 Å². The van der Waals surface area contributed by atoms with Gasteiger partial charge in [-0.15, -0.1) is 0 Å². The number of benzene rings is 1. The lowest BCUT2D eigenvalue weighted by atomic mass is 9.61. The molecule has 3 heterocycles. The largest absolute Gasteiger partial charge is 0.479 e. The van der Waals surface area contributed by atoms with E-state index in [4.69, 9.17) is 0 Å². The number of rotatable bonds is 2. The van der Waals surface area contributed by atoms with Crippen molar-refractivity contribution < 1.29 is 14.3 Å². The fourth-order valence-electron chi connectivity index (χ4n) is 4.48. The van der Waals surface area contributed by atoms with Crippen LogP contribution in [0.5, 0.6) is 0 Å². The molecule has 1 spiro atoms. The van der Waals surface area contributed by atoms with E-state index in [1.54, 1.807) is 4.90 Å². The maximum absolute atomic E-state index is 15.4. The molecule has 1 aromatic carbocycles. The van der Waals surface area contributed by atoms with Gasteiger partial charge in [0.15, 0.2) is 0 Å². The van der Waals surface area contributed by atoms with Crippen molar-refractivity contribution in [1.29, 1.82) is 0 Å². The fourth-order valence-corrected chi connectivity index (χ4v) is 4.48. The van der Waals surface area contributed by atoms with Gasteiger partial charge in [-0.2, -0.15) is 0 Å². The highest BCUT2D eigenvalue weighted by Crippen LogP contribution is 2.56. The van der Waals surface area contributed by atoms with Gasteiger partial charge >= 0.3 is 5.97 Å². The molecule has 2 aromatic heterocycles. The van der Waals surface area contributed by atoms with Crippen molar-refractivity contribution in [2.24, 2.45) is 5.41 Å². The van der Waals surface area contributed by atoms with Crippen LogP contribution in [-0.4, -0.2) is 44.8 Å². The minimum atomic E-state index is -2.23. The standard InChI is InChI=1S/C18H17FN4O2/c19-18(16(24)25)9-23(8-17(18)6-3-7-17)15-13-11-4-1-2-5-12(11)22-14(13)20-10-21-15/h1-2,4-5,10H,3,6-9H2,(H,24,25)(H,20,21,22)/t18-/m1/s1. The van der Waals surface area contributed by atoms with Crippen LogP contribution in [0.15, 0.2) is 30.6 Å². The molecule has 25 heavy (non-hydrogen) atoms. The molecule has 7 heteroatoms. The van der Waals surface area contributed by atoms with E-state index in [-0.39, 0.29) is 6.54 Å². The molecule has 1 atom stereocenters. The van der Waals surface area contributed by atoms with Gasteiger partial charge in [0.05, 0.1) is 11.9 Å².